The van der Waals surface area contributed by atoms with E-state index >= 15 is 0 Å². The third-order valence-corrected chi connectivity index (χ3v) is 4.09. The topological polar surface area (TPSA) is 46.5 Å². The van der Waals surface area contributed by atoms with E-state index in [1.165, 1.54) is 83.5 Å². The molecule has 0 saturated carbocycles. The molecule has 0 aliphatic heterocycles. The SMILES string of the molecule is CCCCCCCCCCCCCCCCCC(=O)OO.[Na]. The molecule has 22 heavy (non-hydrogen) atoms. The Kier molecular flexibility index (Phi) is 24.0. The zero-order valence-corrected chi connectivity index (χ0v) is 17.1. The molecule has 0 saturated heterocycles. The molecule has 0 fully saturated rings. The van der Waals surface area contributed by atoms with Crippen LogP contribution >= 0.6 is 0 Å². The van der Waals surface area contributed by atoms with Crippen molar-refractivity contribution < 1.29 is 14.9 Å². The van der Waals surface area contributed by atoms with Gasteiger partial charge in [-0.05, 0) is 6.42 Å². The number of hydrogen-bond donors (Lipinski definition) is 1. The molecule has 127 valence electrons. The van der Waals surface area contributed by atoms with Crippen molar-refractivity contribution in [3.05, 3.63) is 0 Å². The van der Waals surface area contributed by atoms with Gasteiger partial charge >= 0.3 is 5.97 Å². The van der Waals surface area contributed by atoms with Crippen LogP contribution in [-0.2, 0) is 9.68 Å². The summed E-state index contributed by atoms with van der Waals surface area (Å²) in [4.78, 5) is 14.3. The third kappa shape index (κ3) is 20.4. The van der Waals surface area contributed by atoms with Gasteiger partial charge in [-0.15, -0.1) is 0 Å². The van der Waals surface area contributed by atoms with Gasteiger partial charge in [0.1, 0.15) is 0 Å². The number of carbonyl (C=O) groups excluding carboxylic acids is 1. The number of unbranched alkanes of at least 4 members (excludes halogenated alkanes) is 14. The van der Waals surface area contributed by atoms with E-state index in [1.807, 2.05) is 0 Å². The summed E-state index contributed by atoms with van der Waals surface area (Å²) in [6.45, 7) is 2.27. The second-order valence-corrected chi connectivity index (χ2v) is 6.16. The molecule has 0 aliphatic rings. The Hall–Kier alpha value is 0.430. The van der Waals surface area contributed by atoms with E-state index in [9.17, 15) is 4.79 Å². The minimum atomic E-state index is -0.510. The predicted octanol–water partition coefficient (Wildman–Crippen LogP) is 5.88. The van der Waals surface area contributed by atoms with Crippen LogP contribution < -0.4 is 0 Å². The zero-order valence-electron chi connectivity index (χ0n) is 15.1. The maximum Gasteiger partial charge on any atom is 0.342 e. The molecular weight excluding hydrogens is 287 g/mol. The van der Waals surface area contributed by atoms with Gasteiger partial charge in [0, 0.05) is 36.0 Å². The molecule has 0 aliphatic carbocycles. The van der Waals surface area contributed by atoms with Gasteiger partial charge in [-0.1, -0.05) is 96.8 Å². The quantitative estimate of drug-likeness (QED) is 0.167. The van der Waals surface area contributed by atoms with Gasteiger partial charge in [-0.2, -0.15) is 5.26 Å². The van der Waals surface area contributed by atoms with Crippen molar-refractivity contribution in [1.82, 2.24) is 0 Å². The average Bonchev–Trinajstić information content (AvgIpc) is 2.50. The fraction of sp³-hybridized carbons (Fsp3) is 0.944. The fourth-order valence-corrected chi connectivity index (χ4v) is 2.69. The summed E-state index contributed by atoms with van der Waals surface area (Å²) in [6, 6.07) is 0. The Morgan fingerprint density at radius 2 is 1.00 bits per heavy atom. The maximum absolute atomic E-state index is 10.7. The van der Waals surface area contributed by atoms with Crippen molar-refractivity contribution in [3.63, 3.8) is 0 Å². The fourth-order valence-electron chi connectivity index (χ4n) is 2.69. The van der Waals surface area contributed by atoms with Crippen LogP contribution in [0.5, 0.6) is 0 Å². The average molecular weight is 323 g/mol. The van der Waals surface area contributed by atoms with Crippen LogP contribution in [0.2, 0.25) is 0 Å². The summed E-state index contributed by atoms with van der Waals surface area (Å²) in [7, 11) is 0. The molecule has 1 N–H and O–H groups in total. The summed E-state index contributed by atoms with van der Waals surface area (Å²) >= 11 is 0. The second kappa shape index (κ2) is 21.4. The molecule has 0 bridgehead atoms. The summed E-state index contributed by atoms with van der Waals surface area (Å²) in [5.74, 6) is -0.510. The van der Waals surface area contributed by atoms with Crippen LogP contribution in [0.15, 0.2) is 0 Å². The third-order valence-electron chi connectivity index (χ3n) is 4.09. The number of carbonyl (C=O) groups is 1. The van der Waals surface area contributed by atoms with E-state index in [0.717, 1.165) is 12.8 Å². The molecule has 0 rings (SSSR count). The van der Waals surface area contributed by atoms with Gasteiger partial charge in [0.2, 0.25) is 0 Å². The van der Waals surface area contributed by atoms with E-state index < -0.39 is 5.97 Å². The van der Waals surface area contributed by atoms with Crippen LogP contribution in [0, 0.1) is 0 Å². The smallest absolute Gasteiger partial charge is 0.301 e. The van der Waals surface area contributed by atoms with Gasteiger partial charge < -0.3 is 4.89 Å². The Labute approximate surface area is 159 Å². The summed E-state index contributed by atoms with van der Waals surface area (Å²) in [5.41, 5.74) is 0. The van der Waals surface area contributed by atoms with Crippen molar-refractivity contribution >= 4 is 35.5 Å². The van der Waals surface area contributed by atoms with E-state index in [4.69, 9.17) is 5.26 Å². The molecular formula is C18H36NaO3. The number of rotatable bonds is 16. The molecule has 0 aromatic heterocycles. The first kappa shape index (κ1) is 24.7. The van der Waals surface area contributed by atoms with Crippen molar-refractivity contribution in [1.29, 1.82) is 0 Å². The number of hydrogen-bond acceptors (Lipinski definition) is 3. The van der Waals surface area contributed by atoms with Crippen molar-refractivity contribution in [2.75, 3.05) is 0 Å². The standard InChI is InChI=1S/C18H36O3.Na/c1-2-3-4-5-6-7-8-9-10-11-12-13-14-15-16-17-18(19)21-20;/h20H,2-17H2,1H3;. The van der Waals surface area contributed by atoms with Gasteiger partial charge in [0.05, 0.1) is 0 Å². The first-order chi connectivity index (χ1) is 10.3. The normalized spacial score (nSPS) is 10.3. The Balaban J connectivity index is 0. The molecule has 0 aromatic carbocycles. The van der Waals surface area contributed by atoms with Crippen molar-refractivity contribution in [3.8, 4) is 0 Å². The van der Waals surface area contributed by atoms with E-state index in [-0.39, 0.29) is 29.6 Å². The summed E-state index contributed by atoms with van der Waals surface area (Å²) in [6.07, 6.45) is 20.0. The maximum atomic E-state index is 10.7. The minimum Gasteiger partial charge on any atom is -0.301 e. The molecule has 0 unspecified atom stereocenters. The Bertz CT molecular complexity index is 222. The molecule has 1 radical (unpaired) electrons. The molecule has 0 spiro atoms. The van der Waals surface area contributed by atoms with Gasteiger partial charge in [-0.25, -0.2) is 4.79 Å². The van der Waals surface area contributed by atoms with Gasteiger partial charge in [-0.3, -0.25) is 0 Å². The first-order valence-corrected chi connectivity index (χ1v) is 9.15. The summed E-state index contributed by atoms with van der Waals surface area (Å²) < 4.78 is 0. The van der Waals surface area contributed by atoms with Crippen LogP contribution in [0.3, 0.4) is 0 Å². The van der Waals surface area contributed by atoms with Crippen LogP contribution in [0.1, 0.15) is 110 Å². The van der Waals surface area contributed by atoms with Crippen molar-refractivity contribution in [2.24, 2.45) is 0 Å². The molecule has 0 heterocycles. The molecule has 4 heteroatoms. The van der Waals surface area contributed by atoms with E-state index in [1.54, 1.807) is 0 Å². The van der Waals surface area contributed by atoms with Crippen molar-refractivity contribution in [2.45, 2.75) is 110 Å². The van der Waals surface area contributed by atoms with Crippen LogP contribution in [-0.4, -0.2) is 40.8 Å². The second-order valence-electron chi connectivity index (χ2n) is 6.16. The van der Waals surface area contributed by atoms with E-state index in [2.05, 4.69) is 11.8 Å². The zero-order chi connectivity index (χ0) is 15.6. The Morgan fingerprint density at radius 1 is 0.682 bits per heavy atom. The molecule has 0 atom stereocenters. The predicted molar refractivity (Wildman–Crippen MR) is 94.0 cm³/mol. The molecule has 0 amide bonds. The molecule has 3 nitrogen and oxygen atoms in total. The van der Waals surface area contributed by atoms with Gasteiger partial charge in [0.15, 0.2) is 0 Å². The van der Waals surface area contributed by atoms with Crippen LogP contribution in [0.4, 0.5) is 0 Å². The monoisotopic (exact) mass is 323 g/mol. The Morgan fingerprint density at radius 3 is 1.32 bits per heavy atom. The summed E-state index contributed by atoms with van der Waals surface area (Å²) in [5, 5.41) is 8.10. The van der Waals surface area contributed by atoms with Gasteiger partial charge in [0.25, 0.3) is 0 Å². The largest absolute Gasteiger partial charge is 0.342 e. The minimum absolute atomic E-state index is 0. The molecule has 0 aromatic rings. The van der Waals surface area contributed by atoms with Crippen LogP contribution in [0.25, 0.3) is 0 Å². The van der Waals surface area contributed by atoms with E-state index in [0.29, 0.717) is 6.42 Å². The first-order valence-electron chi connectivity index (χ1n) is 9.15.